The van der Waals surface area contributed by atoms with Crippen LogP contribution in [0.1, 0.15) is 5.56 Å². The van der Waals surface area contributed by atoms with Gasteiger partial charge in [-0.15, -0.1) is 0 Å². The van der Waals surface area contributed by atoms with Crippen molar-refractivity contribution < 1.29 is 12.8 Å². The highest BCUT2D eigenvalue weighted by atomic mass is 32.2. The van der Waals surface area contributed by atoms with Crippen molar-refractivity contribution in [1.29, 1.82) is 0 Å². The maximum atomic E-state index is 11.2. The summed E-state index contributed by atoms with van der Waals surface area (Å²) in [6.07, 6.45) is 1.55. The standard InChI is InChI=1S/C16H14N2O3S/c1-11-3-2-4-13(9-11)16-18-15(10-21-16)12-5-7-14(8-6-12)22(17,19)20/h2-10H,1H3,(H2,17,19,20). The minimum absolute atomic E-state index is 0.0682. The topological polar surface area (TPSA) is 86.2 Å². The lowest BCUT2D eigenvalue weighted by molar-refractivity contribution is 0.575. The second-order valence-electron chi connectivity index (χ2n) is 4.98. The van der Waals surface area contributed by atoms with Crippen molar-refractivity contribution in [3.8, 4) is 22.7 Å². The lowest BCUT2D eigenvalue weighted by Crippen LogP contribution is -2.11. The number of rotatable bonds is 3. The van der Waals surface area contributed by atoms with E-state index >= 15 is 0 Å². The zero-order valence-corrected chi connectivity index (χ0v) is 12.7. The van der Waals surface area contributed by atoms with E-state index in [0.29, 0.717) is 11.6 Å². The molecule has 2 aromatic carbocycles. The number of primary sulfonamides is 1. The Balaban J connectivity index is 1.94. The molecule has 22 heavy (non-hydrogen) atoms. The van der Waals surface area contributed by atoms with Gasteiger partial charge < -0.3 is 4.42 Å². The third kappa shape index (κ3) is 2.93. The first-order chi connectivity index (χ1) is 10.4. The highest BCUT2D eigenvalue weighted by Crippen LogP contribution is 2.25. The van der Waals surface area contributed by atoms with E-state index in [2.05, 4.69) is 4.98 Å². The average Bonchev–Trinajstić information content (AvgIpc) is 2.96. The van der Waals surface area contributed by atoms with Gasteiger partial charge in [-0.05, 0) is 31.2 Å². The van der Waals surface area contributed by atoms with Gasteiger partial charge in [-0.2, -0.15) is 0 Å². The first kappa shape index (κ1) is 14.5. The lowest BCUT2D eigenvalue weighted by atomic mass is 10.1. The zero-order valence-electron chi connectivity index (χ0n) is 11.9. The van der Waals surface area contributed by atoms with Crippen molar-refractivity contribution in [2.45, 2.75) is 11.8 Å². The first-order valence-electron chi connectivity index (χ1n) is 6.59. The van der Waals surface area contributed by atoms with Gasteiger partial charge in [0.25, 0.3) is 0 Å². The first-order valence-corrected chi connectivity index (χ1v) is 8.14. The van der Waals surface area contributed by atoms with E-state index in [1.807, 2.05) is 31.2 Å². The number of aryl methyl sites for hydroxylation is 1. The van der Waals surface area contributed by atoms with Crippen molar-refractivity contribution in [2.24, 2.45) is 5.14 Å². The molecule has 3 aromatic rings. The summed E-state index contributed by atoms with van der Waals surface area (Å²) in [4.78, 5) is 4.50. The third-order valence-electron chi connectivity index (χ3n) is 3.25. The molecule has 3 rings (SSSR count). The Morgan fingerprint density at radius 2 is 1.77 bits per heavy atom. The molecular formula is C16H14N2O3S. The van der Waals surface area contributed by atoms with E-state index in [1.54, 1.807) is 18.4 Å². The number of nitrogens with zero attached hydrogens (tertiary/aromatic N) is 1. The Hall–Kier alpha value is -2.44. The van der Waals surface area contributed by atoms with Crippen LogP contribution in [-0.4, -0.2) is 13.4 Å². The van der Waals surface area contributed by atoms with Crippen molar-refractivity contribution in [1.82, 2.24) is 4.98 Å². The Morgan fingerprint density at radius 3 is 2.41 bits per heavy atom. The van der Waals surface area contributed by atoms with Crippen LogP contribution < -0.4 is 5.14 Å². The SMILES string of the molecule is Cc1cccc(-c2nc(-c3ccc(S(N)(=O)=O)cc3)co2)c1. The molecule has 1 aromatic heterocycles. The molecule has 0 saturated heterocycles. The van der Waals surface area contributed by atoms with Gasteiger partial charge in [-0.25, -0.2) is 18.5 Å². The summed E-state index contributed by atoms with van der Waals surface area (Å²) in [7, 11) is -3.69. The molecule has 0 atom stereocenters. The molecule has 0 fully saturated rings. The zero-order chi connectivity index (χ0) is 15.7. The van der Waals surface area contributed by atoms with Crippen LogP contribution in [0.4, 0.5) is 0 Å². The second kappa shape index (κ2) is 5.40. The van der Waals surface area contributed by atoms with E-state index in [9.17, 15) is 8.42 Å². The molecule has 0 aliphatic carbocycles. The summed E-state index contributed by atoms with van der Waals surface area (Å²) in [5.74, 6) is 0.522. The van der Waals surface area contributed by atoms with Gasteiger partial charge in [0.15, 0.2) is 0 Å². The molecule has 0 aliphatic heterocycles. The predicted molar refractivity (Wildman–Crippen MR) is 83.5 cm³/mol. The van der Waals surface area contributed by atoms with Crippen molar-refractivity contribution in [3.05, 3.63) is 60.4 Å². The van der Waals surface area contributed by atoms with E-state index in [1.165, 1.54) is 12.1 Å². The van der Waals surface area contributed by atoms with Crippen LogP contribution >= 0.6 is 0 Å². The molecule has 1 heterocycles. The highest BCUT2D eigenvalue weighted by molar-refractivity contribution is 7.89. The molecule has 0 saturated carbocycles. The minimum Gasteiger partial charge on any atom is -0.444 e. The molecular weight excluding hydrogens is 300 g/mol. The number of sulfonamides is 1. The van der Waals surface area contributed by atoms with E-state index in [0.717, 1.165) is 16.7 Å². The molecule has 0 aliphatic rings. The van der Waals surface area contributed by atoms with Crippen LogP contribution in [0.3, 0.4) is 0 Å². The molecule has 0 spiro atoms. The summed E-state index contributed by atoms with van der Waals surface area (Å²) in [5.41, 5.74) is 3.41. The fourth-order valence-corrected chi connectivity index (χ4v) is 2.65. The molecule has 112 valence electrons. The van der Waals surface area contributed by atoms with Crippen molar-refractivity contribution in [3.63, 3.8) is 0 Å². The predicted octanol–water partition coefficient (Wildman–Crippen LogP) is 2.96. The number of benzene rings is 2. The number of nitrogens with two attached hydrogens (primary N) is 1. The van der Waals surface area contributed by atoms with Gasteiger partial charge in [0.05, 0.1) is 4.90 Å². The van der Waals surface area contributed by atoms with E-state index < -0.39 is 10.0 Å². The molecule has 5 nitrogen and oxygen atoms in total. The molecule has 6 heteroatoms. The fourth-order valence-electron chi connectivity index (χ4n) is 2.13. The van der Waals surface area contributed by atoms with Crippen LogP contribution in [0.25, 0.3) is 22.7 Å². The molecule has 0 bridgehead atoms. The summed E-state index contributed by atoms with van der Waals surface area (Å²) in [5, 5.41) is 5.08. The van der Waals surface area contributed by atoms with Crippen LogP contribution in [0.5, 0.6) is 0 Å². The number of aromatic nitrogens is 1. The third-order valence-corrected chi connectivity index (χ3v) is 4.18. The summed E-state index contributed by atoms with van der Waals surface area (Å²) >= 11 is 0. The number of hydrogen-bond donors (Lipinski definition) is 1. The molecule has 2 N–H and O–H groups in total. The minimum atomic E-state index is -3.69. The smallest absolute Gasteiger partial charge is 0.238 e. The average molecular weight is 314 g/mol. The summed E-state index contributed by atoms with van der Waals surface area (Å²) in [6, 6.07) is 14.0. The number of hydrogen-bond acceptors (Lipinski definition) is 4. The molecule has 0 radical (unpaired) electrons. The van der Waals surface area contributed by atoms with Crippen LogP contribution in [-0.2, 0) is 10.0 Å². The maximum Gasteiger partial charge on any atom is 0.238 e. The Morgan fingerprint density at radius 1 is 1.05 bits per heavy atom. The van der Waals surface area contributed by atoms with Gasteiger partial charge in [0.2, 0.25) is 15.9 Å². The summed E-state index contributed by atoms with van der Waals surface area (Å²) < 4.78 is 28.0. The molecule has 0 unspecified atom stereocenters. The summed E-state index contributed by atoms with van der Waals surface area (Å²) in [6.45, 7) is 2.00. The van der Waals surface area contributed by atoms with Crippen LogP contribution in [0.15, 0.2) is 64.1 Å². The van der Waals surface area contributed by atoms with Gasteiger partial charge in [0.1, 0.15) is 12.0 Å². The van der Waals surface area contributed by atoms with E-state index in [-0.39, 0.29) is 4.90 Å². The maximum absolute atomic E-state index is 11.2. The van der Waals surface area contributed by atoms with Crippen LogP contribution in [0.2, 0.25) is 0 Å². The van der Waals surface area contributed by atoms with Gasteiger partial charge in [-0.3, -0.25) is 0 Å². The Bertz CT molecular complexity index is 913. The second-order valence-corrected chi connectivity index (χ2v) is 6.54. The quantitative estimate of drug-likeness (QED) is 0.805. The van der Waals surface area contributed by atoms with Gasteiger partial charge >= 0.3 is 0 Å². The van der Waals surface area contributed by atoms with E-state index in [4.69, 9.17) is 9.56 Å². The van der Waals surface area contributed by atoms with Crippen molar-refractivity contribution >= 4 is 10.0 Å². The fraction of sp³-hybridized carbons (Fsp3) is 0.0625. The highest BCUT2D eigenvalue weighted by Gasteiger charge is 2.11. The normalized spacial score (nSPS) is 11.5. The largest absolute Gasteiger partial charge is 0.444 e. The van der Waals surface area contributed by atoms with Gasteiger partial charge in [-0.1, -0.05) is 29.8 Å². The molecule has 0 amide bonds. The van der Waals surface area contributed by atoms with Crippen molar-refractivity contribution in [2.75, 3.05) is 0 Å². The lowest BCUT2D eigenvalue weighted by Gasteiger charge is -1.99. The Labute approximate surface area is 128 Å². The number of oxazole rings is 1. The monoisotopic (exact) mass is 314 g/mol. The Kier molecular flexibility index (Phi) is 3.56. The van der Waals surface area contributed by atoms with Gasteiger partial charge in [0, 0.05) is 11.1 Å². The van der Waals surface area contributed by atoms with Crippen LogP contribution in [0, 0.1) is 6.92 Å².